The molecule has 2 bridgehead atoms. The fourth-order valence-electron chi connectivity index (χ4n) is 3.13. The summed E-state index contributed by atoms with van der Waals surface area (Å²) in [6.45, 7) is 2.80. The topological polar surface area (TPSA) is 12.0 Å². The van der Waals surface area contributed by atoms with E-state index in [2.05, 4.69) is 17.5 Å². The maximum absolute atomic E-state index is 13.6. The molecule has 2 aliphatic rings. The summed E-state index contributed by atoms with van der Waals surface area (Å²) >= 11 is 0. The van der Waals surface area contributed by atoms with Crippen molar-refractivity contribution >= 4 is 5.69 Å². The molecule has 1 N–H and O–H groups in total. The van der Waals surface area contributed by atoms with Crippen LogP contribution in [0.4, 0.5) is 10.1 Å². The van der Waals surface area contributed by atoms with Crippen LogP contribution in [0.3, 0.4) is 0 Å². The first-order valence-electron chi connectivity index (χ1n) is 6.41. The minimum atomic E-state index is -0.135. The molecule has 3 atom stereocenters. The molecule has 1 saturated carbocycles. The highest BCUT2D eigenvalue weighted by Crippen LogP contribution is 2.43. The van der Waals surface area contributed by atoms with E-state index in [1.165, 1.54) is 12.8 Å². The van der Waals surface area contributed by atoms with E-state index in [4.69, 9.17) is 0 Å². The molecule has 3 rings (SSSR count). The predicted octanol–water partition coefficient (Wildman–Crippen LogP) is 3.76. The summed E-state index contributed by atoms with van der Waals surface area (Å²) in [5, 5.41) is 3.26. The first-order chi connectivity index (χ1) is 8.22. The van der Waals surface area contributed by atoms with Crippen LogP contribution in [0.15, 0.2) is 30.4 Å². The molecule has 17 heavy (non-hydrogen) atoms. The van der Waals surface area contributed by atoms with Gasteiger partial charge in [-0.2, -0.15) is 0 Å². The zero-order valence-corrected chi connectivity index (χ0v) is 10.1. The summed E-state index contributed by atoms with van der Waals surface area (Å²) in [6.07, 6.45) is 7.25. The summed E-state index contributed by atoms with van der Waals surface area (Å²) in [7, 11) is 0. The Morgan fingerprint density at radius 2 is 2.18 bits per heavy atom. The molecule has 2 heteroatoms. The summed E-state index contributed by atoms with van der Waals surface area (Å²) < 4.78 is 13.6. The lowest BCUT2D eigenvalue weighted by atomic mass is 9.93. The predicted molar refractivity (Wildman–Crippen MR) is 68.5 cm³/mol. The van der Waals surface area contributed by atoms with Crippen LogP contribution in [0.25, 0.3) is 0 Å². The van der Waals surface area contributed by atoms with Crippen molar-refractivity contribution in [3.63, 3.8) is 0 Å². The third-order valence-corrected chi connectivity index (χ3v) is 4.10. The zero-order valence-electron chi connectivity index (χ0n) is 10.1. The third kappa shape index (κ3) is 2.08. The molecular formula is C15H18FN. The van der Waals surface area contributed by atoms with Crippen molar-refractivity contribution in [3.8, 4) is 0 Å². The number of anilines is 1. The molecule has 1 aromatic rings. The second-order valence-corrected chi connectivity index (χ2v) is 5.40. The van der Waals surface area contributed by atoms with E-state index in [9.17, 15) is 4.39 Å². The number of allylic oxidation sites excluding steroid dienone is 2. The normalized spacial score (nSPS) is 29.9. The molecule has 1 nitrogen and oxygen atoms in total. The number of rotatable bonds is 3. The number of benzene rings is 1. The molecular weight excluding hydrogens is 213 g/mol. The van der Waals surface area contributed by atoms with Gasteiger partial charge in [0.15, 0.2) is 0 Å². The molecule has 3 unspecified atom stereocenters. The highest BCUT2D eigenvalue weighted by molar-refractivity contribution is 5.46. The van der Waals surface area contributed by atoms with E-state index in [0.29, 0.717) is 11.6 Å². The fraction of sp³-hybridized carbons (Fsp3) is 0.467. The highest BCUT2D eigenvalue weighted by atomic mass is 19.1. The lowest BCUT2D eigenvalue weighted by Gasteiger charge is -2.19. The van der Waals surface area contributed by atoms with Crippen molar-refractivity contribution in [2.75, 3.05) is 11.9 Å². The second-order valence-electron chi connectivity index (χ2n) is 5.40. The average molecular weight is 231 g/mol. The second kappa shape index (κ2) is 4.17. The minimum absolute atomic E-state index is 0.135. The number of halogens is 1. The monoisotopic (exact) mass is 231 g/mol. The van der Waals surface area contributed by atoms with Crippen molar-refractivity contribution in [2.45, 2.75) is 19.8 Å². The molecule has 0 radical (unpaired) electrons. The van der Waals surface area contributed by atoms with Gasteiger partial charge in [0.05, 0.1) is 5.69 Å². The molecule has 0 spiro atoms. The van der Waals surface area contributed by atoms with Crippen LogP contribution < -0.4 is 5.32 Å². The molecule has 90 valence electrons. The van der Waals surface area contributed by atoms with E-state index >= 15 is 0 Å². The first kappa shape index (κ1) is 10.8. The maximum Gasteiger partial charge on any atom is 0.146 e. The number of hydrogen-bond acceptors (Lipinski definition) is 1. The number of hydrogen-bond donors (Lipinski definition) is 1. The van der Waals surface area contributed by atoms with Crippen LogP contribution in [-0.4, -0.2) is 6.54 Å². The Kier molecular flexibility index (Phi) is 2.65. The molecule has 0 amide bonds. The Bertz CT molecular complexity index is 452. The van der Waals surface area contributed by atoms with Gasteiger partial charge in [0.1, 0.15) is 5.82 Å². The van der Waals surface area contributed by atoms with E-state index in [-0.39, 0.29) is 5.82 Å². The smallest absolute Gasteiger partial charge is 0.146 e. The van der Waals surface area contributed by atoms with E-state index in [1.807, 2.05) is 19.1 Å². The first-order valence-corrected chi connectivity index (χ1v) is 6.41. The lowest BCUT2D eigenvalue weighted by molar-refractivity contribution is 0.470. The van der Waals surface area contributed by atoms with Crippen LogP contribution >= 0.6 is 0 Å². The van der Waals surface area contributed by atoms with Crippen LogP contribution in [0.1, 0.15) is 18.4 Å². The zero-order chi connectivity index (χ0) is 11.8. The molecule has 0 saturated heterocycles. The van der Waals surface area contributed by atoms with Crippen molar-refractivity contribution < 1.29 is 4.39 Å². The Labute approximate surface area is 102 Å². The Morgan fingerprint density at radius 1 is 1.29 bits per heavy atom. The van der Waals surface area contributed by atoms with E-state index in [1.54, 1.807) is 6.07 Å². The molecule has 0 aliphatic heterocycles. The van der Waals surface area contributed by atoms with Crippen LogP contribution in [0, 0.1) is 30.5 Å². The van der Waals surface area contributed by atoms with Crippen LogP contribution in [0.5, 0.6) is 0 Å². The van der Waals surface area contributed by atoms with Crippen molar-refractivity contribution in [2.24, 2.45) is 17.8 Å². The van der Waals surface area contributed by atoms with Gasteiger partial charge in [-0.3, -0.25) is 0 Å². The number of fused-ring (bicyclic) bond motifs is 2. The summed E-state index contributed by atoms with van der Waals surface area (Å²) in [4.78, 5) is 0. The summed E-state index contributed by atoms with van der Waals surface area (Å²) in [5.41, 5.74) is 1.61. The Morgan fingerprint density at radius 3 is 2.82 bits per heavy atom. The largest absolute Gasteiger partial charge is 0.382 e. The van der Waals surface area contributed by atoms with Gasteiger partial charge in [-0.25, -0.2) is 4.39 Å². The molecule has 1 aromatic carbocycles. The van der Waals surface area contributed by atoms with Crippen LogP contribution in [-0.2, 0) is 0 Å². The molecule has 2 aliphatic carbocycles. The fourth-order valence-corrected chi connectivity index (χ4v) is 3.13. The number of aryl methyl sites for hydroxylation is 1. The maximum atomic E-state index is 13.6. The molecule has 1 fully saturated rings. The van der Waals surface area contributed by atoms with Gasteiger partial charge in [-0.15, -0.1) is 0 Å². The van der Waals surface area contributed by atoms with Crippen molar-refractivity contribution in [1.82, 2.24) is 0 Å². The van der Waals surface area contributed by atoms with Gasteiger partial charge in [0.2, 0.25) is 0 Å². The lowest BCUT2D eigenvalue weighted by Crippen LogP contribution is -2.18. The van der Waals surface area contributed by atoms with Gasteiger partial charge in [-0.1, -0.05) is 18.2 Å². The Balaban J connectivity index is 1.62. The standard InChI is InChI=1S/C15H18FN/c1-10-2-5-15(14(16)6-10)17-9-13-8-11-3-4-12(13)7-11/h2-6,11-13,17H,7-9H2,1H3. The van der Waals surface area contributed by atoms with Gasteiger partial charge in [-0.05, 0) is 55.2 Å². The van der Waals surface area contributed by atoms with E-state index < -0.39 is 0 Å². The Hall–Kier alpha value is -1.31. The van der Waals surface area contributed by atoms with Gasteiger partial charge in [0.25, 0.3) is 0 Å². The molecule has 0 heterocycles. The van der Waals surface area contributed by atoms with Crippen molar-refractivity contribution in [1.29, 1.82) is 0 Å². The SMILES string of the molecule is Cc1ccc(NCC2CC3C=CC2C3)c(F)c1. The van der Waals surface area contributed by atoms with Crippen LogP contribution in [0.2, 0.25) is 0 Å². The van der Waals surface area contributed by atoms with Gasteiger partial charge < -0.3 is 5.32 Å². The summed E-state index contributed by atoms with van der Waals surface area (Å²) in [6, 6.07) is 5.38. The minimum Gasteiger partial charge on any atom is -0.382 e. The highest BCUT2D eigenvalue weighted by Gasteiger charge is 2.35. The third-order valence-electron chi connectivity index (χ3n) is 4.10. The molecule has 0 aromatic heterocycles. The van der Waals surface area contributed by atoms with Crippen molar-refractivity contribution in [3.05, 3.63) is 41.7 Å². The van der Waals surface area contributed by atoms with Gasteiger partial charge >= 0.3 is 0 Å². The number of nitrogens with one attached hydrogen (secondary N) is 1. The van der Waals surface area contributed by atoms with E-state index in [0.717, 1.165) is 23.9 Å². The van der Waals surface area contributed by atoms with Gasteiger partial charge in [0, 0.05) is 6.54 Å². The summed E-state index contributed by atoms with van der Waals surface area (Å²) in [5.74, 6) is 2.06. The quantitative estimate of drug-likeness (QED) is 0.781. The average Bonchev–Trinajstić information content (AvgIpc) is 2.89.